The molecule has 1 N–H and O–H groups in total. The van der Waals surface area contributed by atoms with Crippen LogP contribution >= 0.6 is 11.6 Å². The molecule has 8 nitrogen and oxygen atoms in total. The first-order chi connectivity index (χ1) is 14.9. The van der Waals surface area contributed by atoms with Crippen molar-refractivity contribution in [3.8, 4) is 0 Å². The minimum absolute atomic E-state index is 0.0537. The topological polar surface area (TPSA) is 91.6 Å². The monoisotopic (exact) mass is 439 g/mol. The first-order valence-electron chi connectivity index (χ1n) is 10.0. The Morgan fingerprint density at radius 2 is 1.81 bits per heavy atom. The summed E-state index contributed by atoms with van der Waals surface area (Å²) < 4.78 is 0. The molecule has 160 valence electrons. The maximum Gasteiger partial charge on any atom is 0.278 e. The molecule has 2 aromatic carbocycles. The summed E-state index contributed by atoms with van der Waals surface area (Å²) in [4.78, 5) is 32.0. The van der Waals surface area contributed by atoms with E-state index in [4.69, 9.17) is 11.6 Å². The van der Waals surface area contributed by atoms with E-state index >= 15 is 0 Å². The molecule has 4 rings (SSSR count). The summed E-state index contributed by atoms with van der Waals surface area (Å²) in [5.41, 5.74) is 1.71. The SMILES string of the molecule is C[C@@H](C(=O)Nc1ccc(Cl)cc1)N1CCN(c2ccc([N+](=O)[O-])c3cnccc23)CC1. The maximum atomic E-state index is 12.7. The van der Waals surface area contributed by atoms with E-state index in [9.17, 15) is 14.9 Å². The number of rotatable bonds is 5. The van der Waals surface area contributed by atoms with Crippen LogP contribution in [0.2, 0.25) is 5.02 Å². The summed E-state index contributed by atoms with van der Waals surface area (Å²) in [5, 5.41) is 16.2. The zero-order valence-electron chi connectivity index (χ0n) is 17.0. The number of anilines is 2. The van der Waals surface area contributed by atoms with Crippen LogP contribution in [0.4, 0.5) is 17.1 Å². The number of fused-ring (bicyclic) bond motifs is 1. The number of piperazine rings is 1. The van der Waals surface area contributed by atoms with Crippen molar-refractivity contribution in [3.63, 3.8) is 0 Å². The smallest absolute Gasteiger partial charge is 0.278 e. The summed E-state index contributed by atoms with van der Waals surface area (Å²) in [7, 11) is 0. The first kappa shape index (κ1) is 21.0. The Kier molecular flexibility index (Phi) is 6.01. The molecule has 0 radical (unpaired) electrons. The number of non-ortho nitro benzene ring substituents is 1. The molecule has 0 unspecified atom stereocenters. The Labute approximate surface area is 184 Å². The van der Waals surface area contributed by atoms with Gasteiger partial charge in [0, 0.05) is 66.4 Å². The van der Waals surface area contributed by atoms with Gasteiger partial charge in [-0.25, -0.2) is 0 Å². The van der Waals surface area contributed by atoms with Gasteiger partial charge in [-0.3, -0.25) is 24.8 Å². The fourth-order valence-electron chi connectivity index (χ4n) is 3.89. The number of benzene rings is 2. The number of nitro benzene ring substituents is 1. The number of aromatic nitrogens is 1. The molecule has 0 spiro atoms. The average Bonchev–Trinajstić information content (AvgIpc) is 2.79. The van der Waals surface area contributed by atoms with E-state index < -0.39 is 0 Å². The van der Waals surface area contributed by atoms with Gasteiger partial charge in [0.15, 0.2) is 0 Å². The summed E-state index contributed by atoms with van der Waals surface area (Å²) in [6, 6.07) is 11.9. The van der Waals surface area contributed by atoms with Crippen molar-refractivity contribution < 1.29 is 9.72 Å². The van der Waals surface area contributed by atoms with Crippen LogP contribution in [0.5, 0.6) is 0 Å². The lowest BCUT2D eigenvalue weighted by Gasteiger charge is -2.38. The van der Waals surface area contributed by atoms with Crippen molar-refractivity contribution >= 4 is 45.3 Å². The molecular weight excluding hydrogens is 418 g/mol. The van der Waals surface area contributed by atoms with Gasteiger partial charge < -0.3 is 10.2 Å². The van der Waals surface area contributed by atoms with Crippen LogP contribution in [0.15, 0.2) is 54.9 Å². The summed E-state index contributed by atoms with van der Waals surface area (Å²) >= 11 is 5.89. The van der Waals surface area contributed by atoms with Crippen molar-refractivity contribution in [1.29, 1.82) is 0 Å². The molecule has 3 aromatic rings. The highest BCUT2D eigenvalue weighted by Gasteiger charge is 2.27. The van der Waals surface area contributed by atoms with Crippen LogP contribution in [0.25, 0.3) is 10.8 Å². The zero-order chi connectivity index (χ0) is 22.0. The second kappa shape index (κ2) is 8.87. The second-order valence-corrected chi connectivity index (χ2v) is 7.91. The fourth-order valence-corrected chi connectivity index (χ4v) is 4.02. The molecule has 1 aromatic heterocycles. The lowest BCUT2D eigenvalue weighted by molar-refractivity contribution is -0.383. The molecule has 9 heteroatoms. The highest BCUT2D eigenvalue weighted by Crippen LogP contribution is 2.33. The number of amides is 1. The van der Waals surface area contributed by atoms with Crippen LogP contribution < -0.4 is 10.2 Å². The Bertz CT molecular complexity index is 1110. The molecule has 1 aliphatic rings. The molecule has 1 atom stereocenters. The quantitative estimate of drug-likeness (QED) is 0.478. The van der Waals surface area contributed by atoms with Crippen molar-refractivity contribution in [3.05, 3.63) is 70.0 Å². The van der Waals surface area contributed by atoms with E-state index in [-0.39, 0.29) is 22.6 Å². The number of hydrogen-bond acceptors (Lipinski definition) is 6. The lowest BCUT2D eigenvalue weighted by atomic mass is 10.1. The highest BCUT2D eigenvalue weighted by atomic mass is 35.5. The summed E-state index contributed by atoms with van der Waals surface area (Å²) in [6.07, 6.45) is 3.19. The van der Waals surface area contributed by atoms with Gasteiger partial charge >= 0.3 is 0 Å². The molecule has 1 saturated heterocycles. The average molecular weight is 440 g/mol. The first-order valence-corrected chi connectivity index (χ1v) is 10.4. The Morgan fingerprint density at radius 3 is 2.48 bits per heavy atom. The number of halogens is 1. The standard InChI is InChI=1S/C22H22ClN5O3/c1-15(22(29)25-17-4-2-16(23)3-5-17)26-10-12-27(13-11-26)20-6-7-21(28(30)31)19-14-24-9-8-18(19)20/h2-9,14-15H,10-13H2,1H3,(H,25,29)/t15-/m0/s1. The largest absolute Gasteiger partial charge is 0.368 e. The fraction of sp³-hybridized carbons (Fsp3) is 0.273. The number of pyridine rings is 1. The number of hydrogen-bond donors (Lipinski definition) is 1. The van der Waals surface area contributed by atoms with Gasteiger partial charge in [0.25, 0.3) is 5.69 Å². The van der Waals surface area contributed by atoms with Gasteiger partial charge in [-0.1, -0.05) is 11.6 Å². The van der Waals surface area contributed by atoms with Crippen LogP contribution in [0, 0.1) is 10.1 Å². The van der Waals surface area contributed by atoms with E-state index in [0.717, 1.165) is 11.1 Å². The second-order valence-electron chi connectivity index (χ2n) is 7.48. The lowest BCUT2D eigenvalue weighted by Crippen LogP contribution is -2.52. The number of nitro groups is 1. The van der Waals surface area contributed by atoms with E-state index in [1.807, 2.05) is 13.0 Å². The van der Waals surface area contributed by atoms with E-state index in [0.29, 0.717) is 42.3 Å². The van der Waals surface area contributed by atoms with Gasteiger partial charge in [-0.05, 0) is 43.3 Å². The molecular formula is C22H22ClN5O3. The highest BCUT2D eigenvalue weighted by molar-refractivity contribution is 6.30. The third-order valence-corrected chi connectivity index (χ3v) is 5.91. The van der Waals surface area contributed by atoms with E-state index in [1.54, 1.807) is 36.5 Å². The van der Waals surface area contributed by atoms with Gasteiger partial charge in [0.05, 0.1) is 16.4 Å². The molecule has 0 bridgehead atoms. The number of carbonyl (C=O) groups excluding carboxylic acids is 1. The van der Waals surface area contributed by atoms with Crippen molar-refractivity contribution in [1.82, 2.24) is 9.88 Å². The number of carbonyl (C=O) groups is 1. The Balaban J connectivity index is 1.44. The Hall–Kier alpha value is -3.23. The van der Waals surface area contributed by atoms with E-state index in [2.05, 4.69) is 20.1 Å². The van der Waals surface area contributed by atoms with Crippen molar-refractivity contribution in [2.75, 3.05) is 36.4 Å². The zero-order valence-corrected chi connectivity index (χ0v) is 17.7. The predicted octanol–water partition coefficient (Wildman–Crippen LogP) is 3.95. The molecule has 1 aliphatic heterocycles. The molecule has 1 amide bonds. The Morgan fingerprint density at radius 1 is 1.10 bits per heavy atom. The van der Waals surface area contributed by atoms with Gasteiger partial charge in [0.1, 0.15) is 0 Å². The van der Waals surface area contributed by atoms with Crippen LogP contribution in [0.3, 0.4) is 0 Å². The summed E-state index contributed by atoms with van der Waals surface area (Å²) in [5.74, 6) is -0.0670. The summed E-state index contributed by atoms with van der Waals surface area (Å²) in [6.45, 7) is 4.74. The van der Waals surface area contributed by atoms with E-state index in [1.165, 1.54) is 12.3 Å². The minimum atomic E-state index is -0.382. The van der Waals surface area contributed by atoms with Gasteiger partial charge in [-0.2, -0.15) is 0 Å². The molecule has 2 heterocycles. The maximum absolute atomic E-state index is 12.7. The molecule has 1 fully saturated rings. The van der Waals surface area contributed by atoms with Crippen LogP contribution in [-0.4, -0.2) is 52.9 Å². The predicted molar refractivity (Wildman–Crippen MR) is 122 cm³/mol. The van der Waals surface area contributed by atoms with Crippen LogP contribution in [0.1, 0.15) is 6.92 Å². The minimum Gasteiger partial charge on any atom is -0.368 e. The number of nitrogens with zero attached hydrogens (tertiary/aromatic N) is 4. The van der Waals surface area contributed by atoms with Crippen molar-refractivity contribution in [2.45, 2.75) is 13.0 Å². The number of nitrogens with one attached hydrogen (secondary N) is 1. The molecule has 0 saturated carbocycles. The normalized spacial score (nSPS) is 15.6. The van der Waals surface area contributed by atoms with Gasteiger partial charge in [-0.15, -0.1) is 0 Å². The molecule has 0 aliphatic carbocycles. The van der Waals surface area contributed by atoms with Crippen molar-refractivity contribution in [2.24, 2.45) is 0 Å². The van der Waals surface area contributed by atoms with Gasteiger partial charge in [0.2, 0.25) is 5.91 Å². The molecule has 31 heavy (non-hydrogen) atoms. The third kappa shape index (κ3) is 4.45. The van der Waals surface area contributed by atoms with Crippen LogP contribution in [-0.2, 0) is 4.79 Å². The third-order valence-electron chi connectivity index (χ3n) is 5.66.